The number of hydrogen-bond donors (Lipinski definition) is 0. The summed E-state index contributed by atoms with van der Waals surface area (Å²) in [4.78, 5) is 15.4. The van der Waals surface area contributed by atoms with Gasteiger partial charge in [0.1, 0.15) is 6.33 Å². The predicted molar refractivity (Wildman–Crippen MR) is 134 cm³/mol. The molecule has 2 aliphatic carbocycles. The number of fused-ring (bicyclic) bond motifs is 3. The Morgan fingerprint density at radius 1 is 1.09 bits per heavy atom. The van der Waals surface area contributed by atoms with E-state index in [-0.39, 0.29) is 0 Å². The SMILES string of the molecule is CC=C(/C=C\C)C1C=CC(c2ncnc(-c3cccc4c3[C@H]3C[C@H](C)C=CC3S4)n2)=CC1. The maximum absolute atomic E-state index is 4.93. The van der Waals surface area contributed by atoms with E-state index in [4.69, 9.17) is 4.98 Å². The largest absolute Gasteiger partial charge is 0.217 e. The molecule has 0 saturated carbocycles. The molecule has 1 aromatic carbocycles. The van der Waals surface area contributed by atoms with Crippen LogP contribution in [-0.4, -0.2) is 20.2 Å². The third-order valence-corrected chi connectivity index (χ3v) is 8.01. The molecule has 1 aliphatic heterocycles. The van der Waals surface area contributed by atoms with Gasteiger partial charge in [-0.3, -0.25) is 0 Å². The molecule has 0 radical (unpaired) electrons. The van der Waals surface area contributed by atoms with Crippen LogP contribution in [0.3, 0.4) is 0 Å². The van der Waals surface area contributed by atoms with Gasteiger partial charge in [0.25, 0.3) is 0 Å². The molecule has 1 aromatic heterocycles. The summed E-state index contributed by atoms with van der Waals surface area (Å²) in [5.41, 5.74) is 5.01. The second-order valence-corrected chi connectivity index (χ2v) is 10.0. The highest BCUT2D eigenvalue weighted by Crippen LogP contribution is 2.53. The van der Waals surface area contributed by atoms with Crippen LogP contribution in [0.15, 0.2) is 83.6 Å². The third kappa shape index (κ3) is 3.93. The zero-order chi connectivity index (χ0) is 22.1. The van der Waals surface area contributed by atoms with Crippen LogP contribution in [0.25, 0.3) is 17.0 Å². The van der Waals surface area contributed by atoms with E-state index in [2.05, 4.69) is 97.5 Å². The molecule has 0 N–H and O–H groups in total. The highest BCUT2D eigenvalue weighted by Gasteiger charge is 2.37. The molecular weight excluding hydrogens is 410 g/mol. The fourth-order valence-electron chi connectivity index (χ4n) is 5.05. The number of allylic oxidation sites excluding steroid dienone is 9. The van der Waals surface area contributed by atoms with Gasteiger partial charge in [0, 0.05) is 33.1 Å². The molecule has 0 bridgehead atoms. The lowest BCUT2D eigenvalue weighted by molar-refractivity contribution is 0.526. The van der Waals surface area contributed by atoms with E-state index in [0.717, 1.165) is 29.2 Å². The first-order valence-electron chi connectivity index (χ1n) is 11.5. The molecule has 2 unspecified atom stereocenters. The van der Waals surface area contributed by atoms with Crippen LogP contribution in [0.1, 0.15) is 50.9 Å². The summed E-state index contributed by atoms with van der Waals surface area (Å²) < 4.78 is 0. The quantitative estimate of drug-likeness (QED) is 0.374. The average molecular weight is 440 g/mol. The summed E-state index contributed by atoms with van der Waals surface area (Å²) in [7, 11) is 0. The van der Waals surface area contributed by atoms with Crippen LogP contribution >= 0.6 is 11.8 Å². The van der Waals surface area contributed by atoms with Crippen LogP contribution in [0, 0.1) is 11.8 Å². The molecule has 0 fully saturated rings. The molecule has 4 atom stereocenters. The summed E-state index contributed by atoms with van der Waals surface area (Å²) in [6.07, 6.45) is 21.7. The summed E-state index contributed by atoms with van der Waals surface area (Å²) in [5, 5.41) is 0.530. The van der Waals surface area contributed by atoms with Gasteiger partial charge in [-0.1, -0.05) is 67.7 Å². The van der Waals surface area contributed by atoms with Crippen LogP contribution in [0.5, 0.6) is 0 Å². The van der Waals surface area contributed by atoms with Crippen molar-refractivity contribution in [3.05, 3.63) is 90.1 Å². The molecule has 2 aromatic rings. The lowest BCUT2D eigenvalue weighted by Crippen LogP contribution is -2.16. The summed E-state index contributed by atoms with van der Waals surface area (Å²) in [5.74, 6) is 3.10. The van der Waals surface area contributed by atoms with Crippen LogP contribution in [0.2, 0.25) is 0 Å². The average Bonchev–Trinajstić information content (AvgIpc) is 3.21. The number of hydrogen-bond acceptors (Lipinski definition) is 4. The Hall–Kier alpha value is -2.72. The van der Waals surface area contributed by atoms with Gasteiger partial charge < -0.3 is 0 Å². The molecule has 0 saturated heterocycles. The van der Waals surface area contributed by atoms with Gasteiger partial charge in [-0.2, -0.15) is 0 Å². The fourth-order valence-corrected chi connectivity index (χ4v) is 6.47. The van der Waals surface area contributed by atoms with Crippen molar-refractivity contribution >= 4 is 17.3 Å². The van der Waals surface area contributed by atoms with Gasteiger partial charge in [-0.15, -0.1) is 11.8 Å². The van der Waals surface area contributed by atoms with Gasteiger partial charge in [0.05, 0.1) is 0 Å². The Morgan fingerprint density at radius 2 is 1.97 bits per heavy atom. The van der Waals surface area contributed by atoms with E-state index in [1.165, 1.54) is 22.5 Å². The second kappa shape index (κ2) is 9.03. The first kappa shape index (κ1) is 21.1. The molecule has 0 amide bonds. The number of thioether (sulfide) groups is 1. The standard InChI is InChI=1S/C28H29N3S/c1-4-7-19(5-2)20-11-13-21(14-12-20)27-29-17-30-28(31-27)22-8-6-9-25-26(22)23-16-18(3)10-15-24(23)32-25/h4-11,13-15,17-18,20,23-24H,12,16H2,1-3H3/b7-4-,19-5?/t18-,20?,23+,24?/m1/s1. The van der Waals surface area contributed by atoms with Crippen molar-refractivity contribution in [3.8, 4) is 11.4 Å². The zero-order valence-electron chi connectivity index (χ0n) is 18.9. The summed E-state index contributed by atoms with van der Waals surface area (Å²) in [6.45, 7) is 6.48. The van der Waals surface area contributed by atoms with Gasteiger partial charge in [-0.05, 0) is 49.8 Å². The van der Waals surface area contributed by atoms with Gasteiger partial charge in [0.2, 0.25) is 0 Å². The Bertz CT molecular complexity index is 1170. The lowest BCUT2D eigenvalue weighted by atomic mass is 9.81. The highest BCUT2D eigenvalue weighted by molar-refractivity contribution is 8.00. The first-order valence-corrected chi connectivity index (χ1v) is 12.4. The molecule has 162 valence electrons. The number of benzene rings is 1. The molecule has 3 nitrogen and oxygen atoms in total. The molecule has 32 heavy (non-hydrogen) atoms. The van der Waals surface area contributed by atoms with E-state index in [1.54, 1.807) is 6.33 Å². The number of aromatic nitrogens is 3. The fraction of sp³-hybridized carbons (Fsp3) is 0.321. The van der Waals surface area contributed by atoms with Crippen molar-refractivity contribution in [3.63, 3.8) is 0 Å². The van der Waals surface area contributed by atoms with Gasteiger partial charge in [-0.25, -0.2) is 15.0 Å². The van der Waals surface area contributed by atoms with Crippen LogP contribution < -0.4 is 0 Å². The van der Waals surface area contributed by atoms with E-state index < -0.39 is 0 Å². The molecule has 2 heterocycles. The lowest BCUT2D eigenvalue weighted by Gasteiger charge is -2.25. The maximum atomic E-state index is 4.93. The van der Waals surface area contributed by atoms with Gasteiger partial charge in [0.15, 0.2) is 11.6 Å². The van der Waals surface area contributed by atoms with Crippen molar-refractivity contribution in [1.82, 2.24) is 15.0 Å². The number of nitrogens with zero attached hydrogens (tertiary/aromatic N) is 3. The molecule has 5 rings (SSSR count). The third-order valence-electron chi connectivity index (χ3n) is 6.64. The molecule has 0 spiro atoms. The molecular formula is C28H29N3S. The molecule has 3 aliphatic rings. The van der Waals surface area contributed by atoms with Crippen molar-refractivity contribution < 1.29 is 0 Å². The zero-order valence-corrected chi connectivity index (χ0v) is 19.7. The second-order valence-electron chi connectivity index (χ2n) is 8.79. The maximum Gasteiger partial charge on any atom is 0.163 e. The Kier molecular flexibility index (Phi) is 5.97. The van der Waals surface area contributed by atoms with Crippen LogP contribution in [0.4, 0.5) is 0 Å². The summed E-state index contributed by atoms with van der Waals surface area (Å²) in [6, 6.07) is 6.57. The van der Waals surface area contributed by atoms with Crippen molar-refractivity contribution in [2.45, 2.75) is 49.7 Å². The van der Waals surface area contributed by atoms with Crippen LogP contribution in [-0.2, 0) is 0 Å². The smallest absolute Gasteiger partial charge is 0.163 e. The normalized spacial score (nSPS) is 26.8. The van der Waals surface area contributed by atoms with E-state index in [9.17, 15) is 0 Å². The highest BCUT2D eigenvalue weighted by atomic mass is 32.2. The Balaban J connectivity index is 1.45. The minimum atomic E-state index is 0.411. The van der Waals surface area contributed by atoms with E-state index in [0.29, 0.717) is 23.0 Å². The summed E-state index contributed by atoms with van der Waals surface area (Å²) >= 11 is 1.98. The van der Waals surface area contributed by atoms with Crippen molar-refractivity contribution in [1.29, 1.82) is 0 Å². The monoisotopic (exact) mass is 439 g/mol. The minimum absolute atomic E-state index is 0.411. The van der Waals surface area contributed by atoms with E-state index >= 15 is 0 Å². The molecule has 4 heteroatoms. The Labute approximate surface area is 195 Å². The topological polar surface area (TPSA) is 38.7 Å². The predicted octanol–water partition coefficient (Wildman–Crippen LogP) is 7.17. The van der Waals surface area contributed by atoms with Gasteiger partial charge >= 0.3 is 0 Å². The Morgan fingerprint density at radius 3 is 2.75 bits per heavy atom. The van der Waals surface area contributed by atoms with E-state index in [1.807, 2.05) is 11.8 Å². The van der Waals surface area contributed by atoms with Crippen molar-refractivity contribution in [2.75, 3.05) is 0 Å². The van der Waals surface area contributed by atoms with Crippen molar-refractivity contribution in [2.24, 2.45) is 11.8 Å². The number of rotatable bonds is 4. The first-order chi connectivity index (χ1) is 15.7. The minimum Gasteiger partial charge on any atom is -0.217 e.